The van der Waals surface area contributed by atoms with Gasteiger partial charge in [0.1, 0.15) is 5.82 Å². The highest BCUT2D eigenvalue weighted by atomic mass is 16.5. The Morgan fingerprint density at radius 1 is 1.36 bits per heavy atom. The molecule has 1 amide bonds. The molecule has 1 aliphatic heterocycles. The van der Waals surface area contributed by atoms with E-state index in [0.29, 0.717) is 31.3 Å². The van der Waals surface area contributed by atoms with E-state index >= 15 is 0 Å². The summed E-state index contributed by atoms with van der Waals surface area (Å²) in [6.07, 6.45) is 3.33. The number of benzene rings is 1. The maximum absolute atomic E-state index is 12.0. The molecule has 1 atom stereocenters. The smallest absolute Gasteiger partial charge is 0.223 e. The van der Waals surface area contributed by atoms with E-state index in [2.05, 4.69) is 23.2 Å². The van der Waals surface area contributed by atoms with Crippen molar-refractivity contribution >= 4 is 22.5 Å². The van der Waals surface area contributed by atoms with Crippen LogP contribution in [0.5, 0.6) is 0 Å². The van der Waals surface area contributed by atoms with Gasteiger partial charge in [0.15, 0.2) is 0 Å². The van der Waals surface area contributed by atoms with Crippen LogP contribution in [-0.2, 0) is 16.0 Å². The third-order valence-electron chi connectivity index (χ3n) is 4.19. The standard InChI is InChI=1S/C17H21N3O2/c1-22-5-4-20-11-13(8-17(20)21)6-12-2-3-14-10-19-16(18)9-15(14)7-12/h2-3,7,9-10,13H,4-6,8,11H2,1H3,(H2,18,19)/t13-/m0/s1. The van der Waals surface area contributed by atoms with Gasteiger partial charge in [-0.25, -0.2) is 4.98 Å². The number of ether oxygens (including phenoxy) is 1. The van der Waals surface area contributed by atoms with Gasteiger partial charge in [0.2, 0.25) is 5.91 Å². The summed E-state index contributed by atoms with van der Waals surface area (Å²) in [7, 11) is 1.66. The molecule has 1 saturated heterocycles. The van der Waals surface area contributed by atoms with Crippen molar-refractivity contribution in [3.8, 4) is 0 Å². The number of carbonyl (C=O) groups excluding carboxylic acids is 1. The molecule has 22 heavy (non-hydrogen) atoms. The molecule has 1 aromatic heterocycles. The minimum atomic E-state index is 0.233. The number of pyridine rings is 1. The second kappa shape index (κ2) is 6.32. The van der Waals surface area contributed by atoms with Gasteiger partial charge in [0.25, 0.3) is 0 Å². The zero-order chi connectivity index (χ0) is 15.5. The Kier molecular flexibility index (Phi) is 4.24. The van der Waals surface area contributed by atoms with Crippen LogP contribution in [0.1, 0.15) is 12.0 Å². The number of nitrogens with zero attached hydrogens (tertiary/aromatic N) is 2. The summed E-state index contributed by atoms with van der Waals surface area (Å²) in [5, 5.41) is 2.19. The number of aromatic nitrogens is 1. The number of fused-ring (bicyclic) bond motifs is 1. The normalized spacial score (nSPS) is 18.3. The van der Waals surface area contributed by atoms with E-state index in [1.54, 1.807) is 13.3 Å². The Balaban J connectivity index is 1.69. The Morgan fingerprint density at radius 2 is 2.23 bits per heavy atom. The minimum Gasteiger partial charge on any atom is -0.384 e. The van der Waals surface area contributed by atoms with Crippen LogP contribution >= 0.6 is 0 Å². The number of rotatable bonds is 5. The van der Waals surface area contributed by atoms with Crippen LogP contribution in [0.2, 0.25) is 0 Å². The van der Waals surface area contributed by atoms with Gasteiger partial charge in [-0.05, 0) is 29.4 Å². The molecule has 3 rings (SSSR count). The summed E-state index contributed by atoms with van der Waals surface area (Å²) in [6.45, 7) is 2.10. The number of amides is 1. The maximum atomic E-state index is 12.0. The lowest BCUT2D eigenvalue weighted by molar-refractivity contribution is -0.128. The number of hydrogen-bond donors (Lipinski definition) is 1. The number of hydrogen-bond acceptors (Lipinski definition) is 4. The van der Waals surface area contributed by atoms with Crippen molar-refractivity contribution in [3.63, 3.8) is 0 Å². The summed E-state index contributed by atoms with van der Waals surface area (Å²) in [4.78, 5) is 18.0. The zero-order valence-electron chi connectivity index (χ0n) is 12.8. The Morgan fingerprint density at radius 3 is 3.05 bits per heavy atom. The average molecular weight is 299 g/mol. The van der Waals surface area contributed by atoms with Crippen molar-refractivity contribution < 1.29 is 9.53 Å². The van der Waals surface area contributed by atoms with E-state index in [1.807, 2.05) is 11.0 Å². The number of anilines is 1. The van der Waals surface area contributed by atoms with Crippen LogP contribution in [0.25, 0.3) is 10.8 Å². The topological polar surface area (TPSA) is 68.4 Å². The number of methoxy groups -OCH3 is 1. The Hall–Kier alpha value is -2.14. The minimum absolute atomic E-state index is 0.233. The van der Waals surface area contributed by atoms with Gasteiger partial charge in [-0.3, -0.25) is 4.79 Å². The van der Waals surface area contributed by atoms with Gasteiger partial charge < -0.3 is 15.4 Å². The molecule has 0 bridgehead atoms. The molecule has 0 radical (unpaired) electrons. The van der Waals surface area contributed by atoms with Gasteiger partial charge in [0.05, 0.1) is 6.61 Å². The summed E-state index contributed by atoms with van der Waals surface area (Å²) in [6, 6.07) is 8.22. The molecule has 5 nitrogen and oxygen atoms in total. The van der Waals surface area contributed by atoms with E-state index < -0.39 is 0 Å². The molecule has 2 N–H and O–H groups in total. The zero-order valence-corrected chi connectivity index (χ0v) is 12.8. The number of nitrogens with two attached hydrogens (primary N) is 1. The van der Waals surface area contributed by atoms with Gasteiger partial charge in [-0.2, -0.15) is 0 Å². The van der Waals surface area contributed by atoms with Crippen LogP contribution in [0.4, 0.5) is 5.82 Å². The summed E-state index contributed by atoms with van der Waals surface area (Å²) >= 11 is 0. The van der Waals surface area contributed by atoms with Crippen molar-refractivity contribution in [3.05, 3.63) is 36.0 Å². The van der Waals surface area contributed by atoms with Crippen LogP contribution in [0.3, 0.4) is 0 Å². The molecule has 116 valence electrons. The highest BCUT2D eigenvalue weighted by Crippen LogP contribution is 2.24. The monoisotopic (exact) mass is 299 g/mol. The van der Waals surface area contributed by atoms with Crippen LogP contribution < -0.4 is 5.73 Å². The van der Waals surface area contributed by atoms with Crippen LogP contribution in [-0.4, -0.2) is 42.6 Å². The largest absolute Gasteiger partial charge is 0.384 e. The van der Waals surface area contributed by atoms with Gasteiger partial charge in [-0.1, -0.05) is 18.2 Å². The van der Waals surface area contributed by atoms with Crippen molar-refractivity contribution in [2.45, 2.75) is 12.8 Å². The molecule has 0 spiro atoms. The average Bonchev–Trinajstić information content (AvgIpc) is 2.84. The quantitative estimate of drug-likeness (QED) is 0.915. The molecule has 1 fully saturated rings. The van der Waals surface area contributed by atoms with Crippen molar-refractivity contribution in [2.75, 3.05) is 32.5 Å². The lowest BCUT2D eigenvalue weighted by atomic mass is 9.97. The van der Waals surface area contributed by atoms with Gasteiger partial charge in [0, 0.05) is 38.2 Å². The molecule has 5 heteroatoms. The summed E-state index contributed by atoms with van der Waals surface area (Å²) < 4.78 is 5.05. The first-order valence-corrected chi connectivity index (χ1v) is 7.56. The molecule has 1 aromatic carbocycles. The molecule has 1 aliphatic rings. The first kappa shape index (κ1) is 14.8. The van der Waals surface area contributed by atoms with E-state index in [0.717, 1.165) is 23.7 Å². The van der Waals surface area contributed by atoms with Crippen molar-refractivity contribution in [1.29, 1.82) is 0 Å². The van der Waals surface area contributed by atoms with Crippen LogP contribution in [0, 0.1) is 5.92 Å². The van der Waals surface area contributed by atoms with Crippen molar-refractivity contribution in [1.82, 2.24) is 9.88 Å². The number of likely N-dealkylation sites (tertiary alicyclic amines) is 1. The molecular formula is C17H21N3O2. The van der Waals surface area contributed by atoms with Crippen LogP contribution in [0.15, 0.2) is 30.5 Å². The molecule has 2 heterocycles. The molecule has 0 unspecified atom stereocenters. The van der Waals surface area contributed by atoms with Gasteiger partial charge in [-0.15, -0.1) is 0 Å². The summed E-state index contributed by atoms with van der Waals surface area (Å²) in [5.41, 5.74) is 6.99. The van der Waals surface area contributed by atoms with E-state index in [9.17, 15) is 4.79 Å². The summed E-state index contributed by atoms with van der Waals surface area (Å²) in [5.74, 6) is 1.14. The van der Waals surface area contributed by atoms with Crippen molar-refractivity contribution in [2.24, 2.45) is 5.92 Å². The highest BCUT2D eigenvalue weighted by molar-refractivity contribution is 5.84. The van der Waals surface area contributed by atoms with Gasteiger partial charge >= 0.3 is 0 Å². The Labute approximate surface area is 130 Å². The molecule has 0 aliphatic carbocycles. The maximum Gasteiger partial charge on any atom is 0.223 e. The molecular weight excluding hydrogens is 278 g/mol. The molecule has 2 aromatic rings. The number of carbonyl (C=O) groups is 1. The lowest BCUT2D eigenvalue weighted by Crippen LogP contribution is -2.28. The van der Waals surface area contributed by atoms with E-state index in [1.165, 1.54) is 5.56 Å². The van der Waals surface area contributed by atoms with E-state index in [4.69, 9.17) is 10.5 Å². The third kappa shape index (κ3) is 3.20. The second-order valence-corrected chi connectivity index (χ2v) is 5.90. The second-order valence-electron chi connectivity index (χ2n) is 5.90. The fourth-order valence-electron chi connectivity index (χ4n) is 3.08. The lowest BCUT2D eigenvalue weighted by Gasteiger charge is -2.16. The predicted octanol–water partition coefficient (Wildman–Crippen LogP) is 1.85. The molecule has 0 saturated carbocycles. The SMILES string of the molecule is COCCN1C[C@@H](Cc2ccc3cnc(N)cc3c2)CC1=O. The number of nitrogen functional groups attached to an aromatic ring is 1. The first-order valence-electron chi connectivity index (χ1n) is 7.56. The fraction of sp³-hybridized carbons (Fsp3) is 0.412. The van der Waals surface area contributed by atoms with E-state index in [-0.39, 0.29) is 5.91 Å². The Bertz CT molecular complexity index is 687. The first-order chi connectivity index (χ1) is 10.7. The third-order valence-corrected chi connectivity index (χ3v) is 4.19. The fourth-order valence-corrected chi connectivity index (χ4v) is 3.08. The highest BCUT2D eigenvalue weighted by Gasteiger charge is 2.29. The predicted molar refractivity (Wildman–Crippen MR) is 86.4 cm³/mol.